The smallest absolute Gasteiger partial charge is 0.258 e. The third-order valence-electron chi connectivity index (χ3n) is 4.09. The number of nitrogens with zero attached hydrogens (tertiary/aromatic N) is 1. The van der Waals surface area contributed by atoms with Crippen LogP contribution >= 0.6 is 0 Å². The maximum Gasteiger partial charge on any atom is 0.258 e. The van der Waals surface area contributed by atoms with Crippen LogP contribution in [0.25, 0.3) is 11.6 Å². The number of carbonyl (C=O) groups excluding carboxylic acids is 1. The van der Waals surface area contributed by atoms with Crippen molar-refractivity contribution in [3.8, 4) is 17.2 Å². The highest BCUT2D eigenvalue weighted by atomic mass is 16.5. The molecular formula is C19H19NO4. The maximum absolute atomic E-state index is 12.7. The van der Waals surface area contributed by atoms with Crippen LogP contribution in [-0.4, -0.2) is 31.8 Å². The molecule has 0 radical (unpaired) electrons. The minimum Gasteiger partial charge on any atom is -0.502 e. The number of para-hydroxylation sites is 1. The third-order valence-corrected chi connectivity index (χ3v) is 4.09. The zero-order valence-corrected chi connectivity index (χ0v) is 13.9. The molecule has 3 rings (SSSR count). The van der Waals surface area contributed by atoms with E-state index in [2.05, 4.69) is 0 Å². The molecule has 1 heterocycles. The van der Waals surface area contributed by atoms with Crippen LogP contribution in [-0.2, 0) is 4.79 Å². The molecule has 24 heavy (non-hydrogen) atoms. The first kappa shape index (κ1) is 15.9. The van der Waals surface area contributed by atoms with E-state index in [0.717, 1.165) is 16.8 Å². The Labute approximate surface area is 140 Å². The van der Waals surface area contributed by atoms with Gasteiger partial charge in [-0.05, 0) is 36.8 Å². The second kappa shape index (κ2) is 6.28. The average Bonchev–Trinajstić information content (AvgIpc) is 2.87. The number of ether oxygens (including phenoxy) is 2. The lowest BCUT2D eigenvalue weighted by Crippen LogP contribution is -2.25. The zero-order valence-electron chi connectivity index (χ0n) is 13.9. The topological polar surface area (TPSA) is 59.0 Å². The van der Waals surface area contributed by atoms with Crippen molar-refractivity contribution in [1.82, 2.24) is 0 Å². The minimum absolute atomic E-state index is 0.0373. The predicted molar refractivity (Wildman–Crippen MR) is 93.6 cm³/mol. The minimum atomic E-state index is -0.0597. The Morgan fingerprint density at radius 3 is 2.33 bits per heavy atom. The molecule has 0 unspecified atom stereocenters. The summed E-state index contributed by atoms with van der Waals surface area (Å²) in [5.74, 6) is 0.500. The number of phenolic OH excluding ortho intramolecular Hbond substituents is 1. The Hall–Kier alpha value is -2.95. The van der Waals surface area contributed by atoms with Gasteiger partial charge in [-0.25, -0.2) is 0 Å². The predicted octanol–water partition coefficient (Wildman–Crippen LogP) is 3.32. The van der Waals surface area contributed by atoms with E-state index in [-0.39, 0.29) is 11.7 Å². The van der Waals surface area contributed by atoms with Gasteiger partial charge in [-0.1, -0.05) is 18.2 Å². The number of aromatic hydroxyl groups is 1. The lowest BCUT2D eigenvalue weighted by atomic mass is 10.0. The van der Waals surface area contributed by atoms with Crippen LogP contribution in [0.1, 0.15) is 18.1 Å². The molecule has 5 heteroatoms. The van der Waals surface area contributed by atoms with Crippen molar-refractivity contribution >= 4 is 23.2 Å². The van der Waals surface area contributed by atoms with Crippen molar-refractivity contribution in [1.29, 1.82) is 0 Å². The zero-order chi connectivity index (χ0) is 17.3. The van der Waals surface area contributed by atoms with Crippen LogP contribution in [0, 0.1) is 0 Å². The Morgan fingerprint density at radius 1 is 1.12 bits per heavy atom. The van der Waals surface area contributed by atoms with Crippen LogP contribution in [0.5, 0.6) is 17.2 Å². The van der Waals surface area contributed by atoms with Gasteiger partial charge < -0.3 is 19.5 Å². The van der Waals surface area contributed by atoms with Crippen molar-refractivity contribution in [2.45, 2.75) is 6.92 Å². The molecule has 0 aliphatic carbocycles. The first-order valence-corrected chi connectivity index (χ1v) is 7.68. The molecule has 5 nitrogen and oxygen atoms in total. The van der Waals surface area contributed by atoms with Crippen LogP contribution < -0.4 is 14.4 Å². The number of hydrogen-bond donors (Lipinski definition) is 1. The van der Waals surface area contributed by atoms with Gasteiger partial charge in [0.1, 0.15) is 0 Å². The summed E-state index contributed by atoms with van der Waals surface area (Å²) in [4.78, 5) is 14.5. The van der Waals surface area contributed by atoms with Crippen molar-refractivity contribution < 1.29 is 19.4 Å². The summed E-state index contributed by atoms with van der Waals surface area (Å²) in [7, 11) is 2.94. The van der Waals surface area contributed by atoms with Gasteiger partial charge in [0, 0.05) is 17.7 Å². The maximum atomic E-state index is 12.7. The van der Waals surface area contributed by atoms with Crippen molar-refractivity contribution in [3.05, 3.63) is 47.5 Å². The Bertz CT molecular complexity index is 801. The van der Waals surface area contributed by atoms with E-state index in [1.807, 2.05) is 31.2 Å². The fraction of sp³-hybridized carbons (Fsp3) is 0.211. The van der Waals surface area contributed by atoms with E-state index in [1.54, 1.807) is 23.1 Å². The first-order valence-electron chi connectivity index (χ1n) is 7.68. The van der Waals surface area contributed by atoms with E-state index in [4.69, 9.17) is 9.47 Å². The standard InChI is InChI=1S/C19H19NO4/c1-4-20-15-8-6-5-7-13(15)14(19(20)22)9-12-10-16(23-2)18(21)17(11-12)24-3/h5-11,21H,4H2,1-3H3/b14-9-. The van der Waals surface area contributed by atoms with Crippen molar-refractivity contribution in [2.24, 2.45) is 0 Å². The molecule has 0 spiro atoms. The fourth-order valence-corrected chi connectivity index (χ4v) is 2.92. The van der Waals surface area contributed by atoms with Gasteiger partial charge in [-0.15, -0.1) is 0 Å². The summed E-state index contributed by atoms with van der Waals surface area (Å²) in [5, 5.41) is 10.0. The SMILES string of the molecule is CCN1C(=O)/C(=C\c2cc(OC)c(O)c(OC)c2)c2ccccc21. The molecule has 0 aromatic heterocycles. The van der Waals surface area contributed by atoms with Gasteiger partial charge in [0.2, 0.25) is 5.75 Å². The summed E-state index contributed by atoms with van der Waals surface area (Å²) in [6, 6.07) is 11.1. The highest BCUT2D eigenvalue weighted by Crippen LogP contribution is 2.41. The highest BCUT2D eigenvalue weighted by Gasteiger charge is 2.30. The second-order valence-electron chi connectivity index (χ2n) is 5.40. The fourth-order valence-electron chi connectivity index (χ4n) is 2.92. The molecule has 0 fully saturated rings. The van der Waals surface area contributed by atoms with E-state index in [1.165, 1.54) is 14.2 Å². The quantitative estimate of drug-likeness (QED) is 0.876. The number of benzene rings is 2. The Kier molecular flexibility index (Phi) is 4.16. The number of carbonyl (C=O) groups is 1. The molecule has 1 aliphatic rings. The summed E-state index contributed by atoms with van der Waals surface area (Å²) >= 11 is 0. The normalized spacial score (nSPS) is 14.9. The summed E-state index contributed by atoms with van der Waals surface area (Å²) in [6.45, 7) is 2.56. The van der Waals surface area contributed by atoms with Crippen LogP contribution in [0.3, 0.4) is 0 Å². The molecule has 1 amide bonds. The molecule has 1 N–H and O–H groups in total. The molecule has 0 bridgehead atoms. The Balaban J connectivity index is 2.14. The summed E-state index contributed by atoms with van der Waals surface area (Å²) < 4.78 is 10.4. The number of rotatable bonds is 4. The third kappa shape index (κ3) is 2.48. The van der Waals surface area contributed by atoms with Crippen LogP contribution in [0.2, 0.25) is 0 Å². The van der Waals surface area contributed by atoms with Gasteiger partial charge in [0.15, 0.2) is 11.5 Å². The number of phenols is 1. The monoisotopic (exact) mass is 325 g/mol. The molecular weight excluding hydrogens is 306 g/mol. The van der Waals surface area contributed by atoms with Gasteiger partial charge in [0.25, 0.3) is 5.91 Å². The first-order chi connectivity index (χ1) is 11.6. The number of methoxy groups -OCH3 is 2. The van der Waals surface area contributed by atoms with E-state index < -0.39 is 0 Å². The van der Waals surface area contributed by atoms with Gasteiger partial charge in [-0.3, -0.25) is 4.79 Å². The lowest BCUT2D eigenvalue weighted by molar-refractivity contribution is -0.112. The molecule has 124 valence electrons. The van der Waals surface area contributed by atoms with Crippen LogP contribution in [0.15, 0.2) is 36.4 Å². The van der Waals surface area contributed by atoms with Crippen molar-refractivity contribution in [3.63, 3.8) is 0 Å². The highest BCUT2D eigenvalue weighted by molar-refractivity contribution is 6.35. The molecule has 0 saturated heterocycles. The number of amides is 1. The average molecular weight is 325 g/mol. The van der Waals surface area contributed by atoms with Gasteiger partial charge >= 0.3 is 0 Å². The number of fused-ring (bicyclic) bond motifs is 1. The largest absolute Gasteiger partial charge is 0.502 e. The number of likely N-dealkylation sites (N-methyl/N-ethyl adjacent to an activating group) is 1. The van der Waals surface area contributed by atoms with Gasteiger partial charge in [0.05, 0.1) is 19.9 Å². The Morgan fingerprint density at radius 2 is 1.75 bits per heavy atom. The lowest BCUT2D eigenvalue weighted by Gasteiger charge is -2.13. The summed E-state index contributed by atoms with van der Waals surface area (Å²) in [5.41, 5.74) is 3.14. The molecule has 2 aromatic carbocycles. The number of hydrogen-bond acceptors (Lipinski definition) is 4. The van der Waals surface area contributed by atoms with Crippen LogP contribution in [0.4, 0.5) is 5.69 Å². The van der Waals surface area contributed by atoms with E-state index in [0.29, 0.717) is 23.6 Å². The molecule has 0 atom stereocenters. The van der Waals surface area contributed by atoms with E-state index in [9.17, 15) is 9.90 Å². The molecule has 0 saturated carbocycles. The van der Waals surface area contributed by atoms with Gasteiger partial charge in [-0.2, -0.15) is 0 Å². The number of anilines is 1. The molecule has 1 aliphatic heterocycles. The molecule has 2 aromatic rings. The summed E-state index contributed by atoms with van der Waals surface area (Å²) in [6.07, 6.45) is 1.79. The van der Waals surface area contributed by atoms with E-state index >= 15 is 0 Å². The van der Waals surface area contributed by atoms with Crippen molar-refractivity contribution in [2.75, 3.05) is 25.7 Å². The second-order valence-corrected chi connectivity index (χ2v) is 5.40.